The molecule has 0 saturated carbocycles. The van der Waals surface area contributed by atoms with Gasteiger partial charge in [-0.25, -0.2) is 0 Å². The number of carbonyl (C=O) groups is 1. The second-order valence-corrected chi connectivity index (χ2v) is 13.7. The first-order chi connectivity index (χ1) is 11.1. The predicted molar refractivity (Wildman–Crippen MR) is 106 cm³/mol. The Morgan fingerprint density at radius 2 is 1.92 bits per heavy atom. The van der Waals surface area contributed by atoms with Crippen molar-refractivity contribution in [1.82, 2.24) is 4.90 Å². The maximum absolute atomic E-state index is 12.0. The number of amides is 1. The average molecular weight is 412 g/mol. The van der Waals surface area contributed by atoms with E-state index in [4.69, 9.17) is 4.43 Å². The summed E-state index contributed by atoms with van der Waals surface area (Å²) in [7, 11) is -1.79. The van der Waals surface area contributed by atoms with Crippen LogP contribution in [0.25, 0.3) is 0 Å². The van der Waals surface area contributed by atoms with Gasteiger partial charge < -0.3 is 9.33 Å². The molecular formula is C19H30BrNO2Si. The third-order valence-electron chi connectivity index (χ3n) is 5.34. The van der Waals surface area contributed by atoms with E-state index < -0.39 is 8.32 Å². The molecule has 0 unspecified atom stereocenters. The lowest BCUT2D eigenvalue weighted by Crippen LogP contribution is -2.54. The molecule has 1 aliphatic rings. The quantitative estimate of drug-likeness (QED) is 0.360. The van der Waals surface area contributed by atoms with E-state index in [1.54, 1.807) is 0 Å². The molecule has 24 heavy (non-hydrogen) atoms. The first-order valence-corrected chi connectivity index (χ1v) is 12.7. The summed E-state index contributed by atoms with van der Waals surface area (Å²) in [6.45, 7) is 12.1. The number of carbonyl (C=O) groups excluding carboxylic acids is 1. The predicted octanol–water partition coefficient (Wildman–Crippen LogP) is 4.96. The van der Waals surface area contributed by atoms with E-state index in [0.717, 1.165) is 11.8 Å². The smallest absolute Gasteiger partial charge is 0.225 e. The SMILES string of the molecule is CC(C)(C)[Si](C)(C)O[C@H](CBr)C[C@@H]1CC(=O)N1Cc1ccccc1. The van der Waals surface area contributed by atoms with Gasteiger partial charge in [-0.1, -0.05) is 67.0 Å². The van der Waals surface area contributed by atoms with Crippen LogP contribution in [0.4, 0.5) is 0 Å². The molecule has 1 aromatic rings. The molecule has 2 atom stereocenters. The van der Waals surface area contributed by atoms with E-state index in [1.807, 2.05) is 23.1 Å². The second-order valence-electron chi connectivity index (χ2n) is 8.26. The molecular weight excluding hydrogens is 382 g/mol. The van der Waals surface area contributed by atoms with Crippen molar-refractivity contribution in [3.8, 4) is 0 Å². The van der Waals surface area contributed by atoms with Crippen molar-refractivity contribution in [2.45, 2.75) is 70.4 Å². The first-order valence-electron chi connectivity index (χ1n) is 8.71. The summed E-state index contributed by atoms with van der Waals surface area (Å²) < 4.78 is 6.55. The van der Waals surface area contributed by atoms with Crippen LogP contribution in [0, 0.1) is 0 Å². The van der Waals surface area contributed by atoms with Crippen molar-refractivity contribution in [2.24, 2.45) is 0 Å². The van der Waals surface area contributed by atoms with Crippen molar-refractivity contribution in [3.05, 3.63) is 35.9 Å². The van der Waals surface area contributed by atoms with Crippen LogP contribution in [-0.2, 0) is 15.8 Å². The maximum atomic E-state index is 12.0. The summed E-state index contributed by atoms with van der Waals surface area (Å²) in [6, 6.07) is 10.5. The Balaban J connectivity index is 1.96. The summed E-state index contributed by atoms with van der Waals surface area (Å²) in [6.07, 6.45) is 1.73. The zero-order chi connectivity index (χ0) is 18.0. The Morgan fingerprint density at radius 1 is 1.29 bits per heavy atom. The Kier molecular flexibility index (Phi) is 6.32. The Hall–Kier alpha value is -0.653. The number of likely N-dealkylation sites (tertiary alicyclic amines) is 1. The molecule has 5 heteroatoms. The van der Waals surface area contributed by atoms with E-state index in [1.165, 1.54) is 5.56 Å². The highest BCUT2D eigenvalue weighted by atomic mass is 79.9. The van der Waals surface area contributed by atoms with E-state index in [0.29, 0.717) is 19.0 Å². The molecule has 1 heterocycles. The zero-order valence-electron chi connectivity index (χ0n) is 15.5. The highest BCUT2D eigenvalue weighted by Crippen LogP contribution is 2.38. The van der Waals surface area contributed by atoms with Gasteiger partial charge in [0.2, 0.25) is 5.91 Å². The molecule has 0 aliphatic carbocycles. The molecule has 0 radical (unpaired) electrons. The molecule has 1 saturated heterocycles. The van der Waals surface area contributed by atoms with Crippen LogP contribution >= 0.6 is 15.9 Å². The van der Waals surface area contributed by atoms with Crippen molar-refractivity contribution in [2.75, 3.05) is 5.33 Å². The highest BCUT2D eigenvalue weighted by Gasteiger charge is 2.42. The number of hydrogen-bond donors (Lipinski definition) is 0. The normalized spacial score (nSPS) is 20.0. The molecule has 1 aromatic carbocycles. The molecule has 134 valence electrons. The molecule has 2 rings (SSSR count). The topological polar surface area (TPSA) is 29.5 Å². The van der Waals surface area contributed by atoms with Crippen molar-refractivity contribution in [1.29, 1.82) is 0 Å². The van der Waals surface area contributed by atoms with E-state index in [-0.39, 0.29) is 17.0 Å². The number of nitrogens with zero attached hydrogens (tertiary/aromatic N) is 1. The van der Waals surface area contributed by atoms with Crippen LogP contribution in [0.15, 0.2) is 30.3 Å². The standard InChI is InChI=1S/C19H30BrNO2Si/c1-19(2,3)24(4,5)23-17(13-20)11-16-12-18(22)21(16)14-15-9-7-6-8-10-15/h6-10,16-17H,11-14H2,1-5H3/t16-,17+/m1/s1. The summed E-state index contributed by atoms with van der Waals surface area (Å²) in [4.78, 5) is 14.0. The lowest BCUT2D eigenvalue weighted by molar-refractivity contribution is -0.148. The summed E-state index contributed by atoms with van der Waals surface area (Å²) in [5, 5.41) is 1.02. The van der Waals surface area contributed by atoms with Gasteiger partial charge >= 0.3 is 0 Å². The van der Waals surface area contributed by atoms with E-state index in [2.05, 4.69) is 61.9 Å². The van der Waals surface area contributed by atoms with Crippen molar-refractivity contribution in [3.63, 3.8) is 0 Å². The zero-order valence-corrected chi connectivity index (χ0v) is 18.1. The lowest BCUT2D eigenvalue weighted by atomic mass is 9.95. The minimum absolute atomic E-state index is 0.169. The fourth-order valence-electron chi connectivity index (χ4n) is 2.77. The van der Waals surface area contributed by atoms with Gasteiger partial charge in [0, 0.05) is 24.3 Å². The summed E-state index contributed by atoms with van der Waals surface area (Å²) >= 11 is 3.61. The van der Waals surface area contributed by atoms with Crippen LogP contribution in [-0.4, -0.2) is 36.6 Å². The van der Waals surface area contributed by atoms with Crippen molar-refractivity contribution >= 4 is 30.2 Å². The van der Waals surface area contributed by atoms with Crippen LogP contribution < -0.4 is 0 Å². The molecule has 0 bridgehead atoms. The van der Waals surface area contributed by atoms with E-state index >= 15 is 0 Å². The Labute approximate surface area is 156 Å². The van der Waals surface area contributed by atoms with Gasteiger partial charge in [0.1, 0.15) is 0 Å². The number of hydrogen-bond acceptors (Lipinski definition) is 2. The number of benzene rings is 1. The summed E-state index contributed by atoms with van der Waals surface area (Å²) in [5.74, 6) is 0.254. The van der Waals surface area contributed by atoms with Gasteiger partial charge in [0.15, 0.2) is 8.32 Å². The monoisotopic (exact) mass is 411 g/mol. The molecule has 1 amide bonds. The molecule has 1 aliphatic heterocycles. The van der Waals surface area contributed by atoms with E-state index in [9.17, 15) is 4.79 Å². The lowest BCUT2D eigenvalue weighted by Gasteiger charge is -2.44. The fraction of sp³-hybridized carbons (Fsp3) is 0.632. The third-order valence-corrected chi connectivity index (χ3v) is 10.6. The second kappa shape index (κ2) is 7.71. The first kappa shape index (κ1) is 19.7. The number of rotatable bonds is 7. The Morgan fingerprint density at radius 3 is 2.42 bits per heavy atom. The molecule has 0 spiro atoms. The van der Waals surface area contributed by atoms with Crippen LogP contribution in [0.2, 0.25) is 18.1 Å². The maximum Gasteiger partial charge on any atom is 0.225 e. The average Bonchev–Trinajstić information content (AvgIpc) is 2.51. The molecule has 0 N–H and O–H groups in total. The molecule has 0 aromatic heterocycles. The minimum Gasteiger partial charge on any atom is -0.413 e. The Bertz CT molecular complexity index is 556. The van der Waals surface area contributed by atoms with Crippen LogP contribution in [0.1, 0.15) is 39.2 Å². The van der Waals surface area contributed by atoms with Gasteiger partial charge in [-0.15, -0.1) is 0 Å². The third kappa shape index (κ3) is 4.70. The van der Waals surface area contributed by atoms with Crippen LogP contribution in [0.5, 0.6) is 0 Å². The number of β-lactam (4-membered cyclic amide) rings is 1. The van der Waals surface area contributed by atoms with Gasteiger partial charge in [-0.2, -0.15) is 0 Å². The number of alkyl halides is 1. The van der Waals surface area contributed by atoms with Gasteiger partial charge in [-0.05, 0) is 30.1 Å². The molecule has 3 nitrogen and oxygen atoms in total. The summed E-state index contributed by atoms with van der Waals surface area (Å²) in [5.41, 5.74) is 1.19. The fourth-order valence-corrected chi connectivity index (χ4v) is 4.77. The molecule has 1 fully saturated rings. The minimum atomic E-state index is -1.79. The largest absolute Gasteiger partial charge is 0.413 e. The van der Waals surface area contributed by atoms with Gasteiger partial charge in [0.05, 0.1) is 6.10 Å². The number of halogens is 1. The van der Waals surface area contributed by atoms with Crippen molar-refractivity contribution < 1.29 is 9.22 Å². The van der Waals surface area contributed by atoms with Gasteiger partial charge in [0.25, 0.3) is 0 Å². The highest BCUT2D eigenvalue weighted by molar-refractivity contribution is 9.09. The van der Waals surface area contributed by atoms with Crippen LogP contribution in [0.3, 0.4) is 0 Å². The van der Waals surface area contributed by atoms with Gasteiger partial charge in [-0.3, -0.25) is 4.79 Å².